The van der Waals surface area contributed by atoms with Gasteiger partial charge in [-0.1, -0.05) is 55.5 Å². The second kappa shape index (κ2) is 7.48. The van der Waals surface area contributed by atoms with E-state index in [9.17, 15) is 14.4 Å². The number of carbonyl (C=O) groups is 3. The maximum atomic E-state index is 13.0. The molecule has 0 aromatic heterocycles. The summed E-state index contributed by atoms with van der Waals surface area (Å²) in [4.78, 5) is 38.3. The van der Waals surface area contributed by atoms with Crippen LogP contribution < -0.4 is 0 Å². The molecule has 1 atom stereocenters. The van der Waals surface area contributed by atoms with Crippen molar-refractivity contribution < 1.29 is 19.1 Å². The van der Waals surface area contributed by atoms with Crippen molar-refractivity contribution in [3.63, 3.8) is 0 Å². The van der Waals surface area contributed by atoms with Crippen molar-refractivity contribution in [2.75, 3.05) is 6.61 Å². The third-order valence-electron chi connectivity index (χ3n) is 4.50. The van der Waals surface area contributed by atoms with E-state index in [4.69, 9.17) is 4.74 Å². The first-order chi connectivity index (χ1) is 12.6. The Bertz CT molecular complexity index is 891. The molecule has 0 bridgehead atoms. The Morgan fingerprint density at radius 3 is 2.27 bits per heavy atom. The lowest BCUT2D eigenvalue weighted by Gasteiger charge is -2.24. The van der Waals surface area contributed by atoms with Crippen molar-refractivity contribution in [2.24, 2.45) is 5.92 Å². The van der Waals surface area contributed by atoms with Gasteiger partial charge in [0.05, 0.1) is 6.61 Å². The van der Waals surface area contributed by atoms with Gasteiger partial charge in [0.1, 0.15) is 5.92 Å². The number of benzene rings is 2. The van der Waals surface area contributed by atoms with Gasteiger partial charge in [-0.05, 0) is 30.5 Å². The maximum Gasteiger partial charge on any atom is 0.321 e. The lowest BCUT2D eigenvalue weighted by Crippen LogP contribution is -2.36. The van der Waals surface area contributed by atoms with E-state index in [2.05, 4.69) is 6.92 Å². The number of aryl methyl sites for hydroxylation is 1. The number of ether oxygens (including phenoxy) is 1. The summed E-state index contributed by atoms with van der Waals surface area (Å²) in [6.07, 6.45) is 2.53. The zero-order chi connectivity index (χ0) is 18.7. The number of esters is 1. The zero-order valence-electron chi connectivity index (χ0n) is 14.8. The molecule has 0 saturated carbocycles. The summed E-state index contributed by atoms with van der Waals surface area (Å²) in [7, 11) is 0. The zero-order valence-corrected chi connectivity index (χ0v) is 14.8. The molecule has 0 heterocycles. The highest BCUT2D eigenvalue weighted by atomic mass is 16.5. The molecule has 132 valence electrons. The average molecular weight is 348 g/mol. The molecule has 1 aliphatic carbocycles. The van der Waals surface area contributed by atoms with Crippen molar-refractivity contribution in [1.82, 2.24) is 0 Å². The predicted octanol–water partition coefficient (Wildman–Crippen LogP) is 3.89. The van der Waals surface area contributed by atoms with Gasteiger partial charge < -0.3 is 4.74 Å². The Morgan fingerprint density at radius 1 is 1.00 bits per heavy atom. The lowest BCUT2D eigenvalue weighted by molar-refractivity contribution is -0.144. The van der Waals surface area contributed by atoms with Gasteiger partial charge in [-0.25, -0.2) is 0 Å². The van der Waals surface area contributed by atoms with E-state index in [1.54, 1.807) is 37.3 Å². The first-order valence-electron chi connectivity index (χ1n) is 8.72. The minimum Gasteiger partial charge on any atom is -0.465 e. The fourth-order valence-electron chi connectivity index (χ4n) is 3.12. The second-order valence-electron chi connectivity index (χ2n) is 6.12. The quantitative estimate of drug-likeness (QED) is 0.478. The molecule has 26 heavy (non-hydrogen) atoms. The van der Waals surface area contributed by atoms with Gasteiger partial charge in [-0.2, -0.15) is 0 Å². The molecule has 0 spiro atoms. The molecule has 0 saturated heterocycles. The number of hydrogen-bond acceptors (Lipinski definition) is 4. The van der Waals surface area contributed by atoms with E-state index < -0.39 is 17.7 Å². The van der Waals surface area contributed by atoms with Gasteiger partial charge >= 0.3 is 5.97 Å². The van der Waals surface area contributed by atoms with Crippen molar-refractivity contribution >= 4 is 23.6 Å². The molecular formula is C22H20O4. The fourth-order valence-corrected chi connectivity index (χ4v) is 3.12. The third-order valence-corrected chi connectivity index (χ3v) is 4.50. The van der Waals surface area contributed by atoms with Crippen LogP contribution in [0.25, 0.3) is 6.08 Å². The average Bonchev–Trinajstić information content (AvgIpc) is 2.66. The highest BCUT2D eigenvalue weighted by Crippen LogP contribution is 2.32. The summed E-state index contributed by atoms with van der Waals surface area (Å²) in [5.74, 6) is -2.60. The van der Waals surface area contributed by atoms with Gasteiger partial charge in [0.2, 0.25) is 0 Å². The van der Waals surface area contributed by atoms with Crippen LogP contribution in [0.5, 0.6) is 0 Å². The number of Topliss-reactive ketones (excluding diaryl/α,β-unsaturated/α-hetero) is 2. The molecule has 2 aromatic carbocycles. The van der Waals surface area contributed by atoms with Gasteiger partial charge in [-0.3, -0.25) is 14.4 Å². The Kier molecular flexibility index (Phi) is 5.12. The fraction of sp³-hybridized carbons (Fsp3) is 0.227. The monoisotopic (exact) mass is 348 g/mol. The molecule has 3 rings (SSSR count). The summed E-state index contributed by atoms with van der Waals surface area (Å²) < 4.78 is 5.07. The minimum atomic E-state index is -1.22. The molecular weight excluding hydrogens is 328 g/mol. The standard InChI is InChI=1S/C22H20O4/c1-3-14-9-11-15(12-10-14)13-18-19(22(25)26-4-2)21(24)17-8-6-5-7-16(17)20(18)23/h5-13,19H,3-4H2,1-2H3/b18-13+/t19-/m1/s1. The van der Waals surface area contributed by atoms with Crippen LogP contribution in [0, 0.1) is 5.92 Å². The van der Waals surface area contributed by atoms with Crippen molar-refractivity contribution in [3.05, 3.63) is 76.4 Å². The van der Waals surface area contributed by atoms with E-state index in [1.165, 1.54) is 5.56 Å². The maximum absolute atomic E-state index is 13.0. The predicted molar refractivity (Wildman–Crippen MR) is 99.0 cm³/mol. The molecule has 2 aromatic rings. The van der Waals surface area contributed by atoms with Crippen LogP contribution in [-0.4, -0.2) is 24.1 Å². The minimum absolute atomic E-state index is 0.150. The van der Waals surface area contributed by atoms with Crippen LogP contribution in [0.4, 0.5) is 0 Å². The van der Waals surface area contributed by atoms with Crippen LogP contribution in [-0.2, 0) is 16.0 Å². The first kappa shape index (κ1) is 17.8. The molecule has 4 heteroatoms. The molecule has 0 unspecified atom stereocenters. The number of ketones is 2. The molecule has 0 radical (unpaired) electrons. The van der Waals surface area contributed by atoms with Gasteiger partial charge in [0, 0.05) is 16.7 Å². The van der Waals surface area contributed by atoms with Gasteiger partial charge in [-0.15, -0.1) is 0 Å². The van der Waals surface area contributed by atoms with Crippen LogP contribution in [0.15, 0.2) is 54.1 Å². The molecule has 0 fully saturated rings. The summed E-state index contributed by atoms with van der Waals surface area (Å²) in [6, 6.07) is 14.3. The van der Waals surface area contributed by atoms with E-state index in [-0.39, 0.29) is 23.5 Å². The van der Waals surface area contributed by atoms with Gasteiger partial charge in [0.25, 0.3) is 0 Å². The number of fused-ring (bicyclic) bond motifs is 1. The number of rotatable bonds is 4. The Balaban J connectivity index is 2.12. The lowest BCUT2D eigenvalue weighted by atomic mass is 9.77. The summed E-state index contributed by atoms with van der Waals surface area (Å²) in [5.41, 5.74) is 2.71. The SMILES string of the molecule is CCOC(=O)[C@H]1C(=O)c2ccccc2C(=O)/C1=C/c1ccc(CC)cc1. The van der Waals surface area contributed by atoms with E-state index in [1.807, 2.05) is 24.3 Å². The van der Waals surface area contributed by atoms with Crippen LogP contribution in [0.2, 0.25) is 0 Å². The van der Waals surface area contributed by atoms with E-state index in [0.717, 1.165) is 12.0 Å². The van der Waals surface area contributed by atoms with E-state index >= 15 is 0 Å². The molecule has 1 aliphatic rings. The van der Waals surface area contributed by atoms with Crippen molar-refractivity contribution in [3.8, 4) is 0 Å². The largest absolute Gasteiger partial charge is 0.465 e. The third kappa shape index (κ3) is 3.23. The molecule has 0 aliphatic heterocycles. The molecule has 4 nitrogen and oxygen atoms in total. The van der Waals surface area contributed by atoms with Crippen LogP contribution in [0.3, 0.4) is 0 Å². The molecule has 0 N–H and O–H groups in total. The second-order valence-corrected chi connectivity index (χ2v) is 6.12. The summed E-state index contributed by atoms with van der Waals surface area (Å²) in [5, 5.41) is 0. The number of carbonyl (C=O) groups excluding carboxylic acids is 3. The van der Waals surface area contributed by atoms with Crippen molar-refractivity contribution in [1.29, 1.82) is 0 Å². The Hall–Kier alpha value is -3.01. The van der Waals surface area contributed by atoms with E-state index in [0.29, 0.717) is 5.56 Å². The number of hydrogen-bond donors (Lipinski definition) is 0. The molecule has 0 amide bonds. The highest BCUT2D eigenvalue weighted by molar-refractivity contribution is 6.29. The first-order valence-corrected chi connectivity index (χ1v) is 8.72. The Morgan fingerprint density at radius 2 is 1.65 bits per heavy atom. The normalized spacial score (nSPS) is 17.9. The van der Waals surface area contributed by atoms with Crippen LogP contribution >= 0.6 is 0 Å². The summed E-state index contributed by atoms with van der Waals surface area (Å²) >= 11 is 0. The van der Waals surface area contributed by atoms with Crippen molar-refractivity contribution in [2.45, 2.75) is 20.3 Å². The smallest absolute Gasteiger partial charge is 0.321 e. The topological polar surface area (TPSA) is 60.4 Å². The highest BCUT2D eigenvalue weighted by Gasteiger charge is 2.42. The Labute approximate surface area is 152 Å². The summed E-state index contributed by atoms with van der Waals surface area (Å²) in [6.45, 7) is 3.88. The van der Waals surface area contributed by atoms with Gasteiger partial charge in [0.15, 0.2) is 11.6 Å². The van der Waals surface area contributed by atoms with Crippen LogP contribution in [0.1, 0.15) is 45.7 Å².